The first-order valence-electron chi connectivity index (χ1n) is 4.42. The number of hydrogen-bond donors (Lipinski definition) is 3. The number of hydrogen-bond acceptors (Lipinski definition) is 2. The monoisotopic (exact) mass is 355 g/mol. The van der Waals surface area contributed by atoms with Crippen molar-refractivity contribution in [1.82, 2.24) is 5.32 Å². The van der Waals surface area contributed by atoms with E-state index in [1.165, 1.54) is 0 Å². The molecule has 0 radical (unpaired) electrons. The van der Waals surface area contributed by atoms with E-state index in [1.54, 1.807) is 12.1 Å². The van der Waals surface area contributed by atoms with Crippen molar-refractivity contribution in [2.24, 2.45) is 0 Å². The van der Waals surface area contributed by atoms with E-state index in [9.17, 15) is 9.36 Å². The van der Waals surface area contributed by atoms with Crippen molar-refractivity contribution < 1.29 is 19.1 Å². The summed E-state index contributed by atoms with van der Waals surface area (Å²) in [6, 6.07) is 7.34. The molecule has 0 aliphatic heterocycles. The second-order valence-corrected chi connectivity index (χ2v) is 6.12. The number of amides is 1. The van der Waals surface area contributed by atoms with Crippen LogP contribution < -0.4 is 5.32 Å². The molecule has 1 rings (SSSR count). The Morgan fingerprint density at radius 3 is 2.38 bits per heavy atom. The number of halogens is 1. The zero-order valence-corrected chi connectivity index (χ0v) is 11.3. The lowest BCUT2D eigenvalue weighted by atomic mass is 10.1. The van der Waals surface area contributed by atoms with Crippen LogP contribution in [0.1, 0.15) is 5.56 Å². The number of carbonyl (C=O) groups is 1. The van der Waals surface area contributed by atoms with E-state index in [0.717, 1.165) is 9.13 Å². The summed E-state index contributed by atoms with van der Waals surface area (Å²) in [4.78, 5) is 28.4. The molecule has 0 aliphatic carbocycles. The number of nitrogens with one attached hydrogen (secondary N) is 1. The molecule has 0 unspecified atom stereocenters. The largest absolute Gasteiger partial charge is 0.344 e. The molecule has 16 heavy (non-hydrogen) atoms. The minimum Gasteiger partial charge on any atom is -0.344 e. The lowest BCUT2D eigenvalue weighted by molar-refractivity contribution is -0.120. The Kier molecular flexibility index (Phi) is 4.91. The van der Waals surface area contributed by atoms with Gasteiger partial charge in [0.25, 0.3) is 0 Å². The average Bonchev–Trinajstić information content (AvgIpc) is 2.18. The quantitative estimate of drug-likeness (QED) is 0.558. The van der Waals surface area contributed by atoms with Gasteiger partial charge in [0.15, 0.2) is 0 Å². The lowest BCUT2D eigenvalue weighted by Crippen LogP contribution is -2.26. The summed E-state index contributed by atoms with van der Waals surface area (Å²) in [5, 5.41) is 2.18. The fourth-order valence-electron chi connectivity index (χ4n) is 1.04. The lowest BCUT2D eigenvalue weighted by Gasteiger charge is -2.06. The third-order valence-corrected chi connectivity index (χ3v) is 3.05. The maximum absolute atomic E-state index is 11.3. The average molecular weight is 355 g/mol. The third kappa shape index (κ3) is 5.60. The van der Waals surface area contributed by atoms with Gasteiger partial charge in [-0.05, 0) is 40.3 Å². The highest BCUT2D eigenvalue weighted by Gasteiger charge is 2.14. The summed E-state index contributed by atoms with van der Waals surface area (Å²) >= 11 is 2.15. The molecule has 7 heteroatoms. The van der Waals surface area contributed by atoms with Gasteiger partial charge in [0, 0.05) is 3.57 Å². The van der Waals surface area contributed by atoms with Gasteiger partial charge in [0.05, 0.1) is 6.42 Å². The van der Waals surface area contributed by atoms with Crippen molar-refractivity contribution in [2.75, 3.05) is 6.29 Å². The first-order valence-corrected chi connectivity index (χ1v) is 7.30. The van der Waals surface area contributed by atoms with Crippen molar-refractivity contribution in [2.45, 2.75) is 6.42 Å². The predicted octanol–water partition coefficient (Wildman–Crippen LogP) is 1.09. The van der Waals surface area contributed by atoms with Gasteiger partial charge in [0.2, 0.25) is 5.91 Å². The van der Waals surface area contributed by atoms with Crippen LogP contribution in [0.2, 0.25) is 0 Å². The molecule has 88 valence electrons. The van der Waals surface area contributed by atoms with Crippen LogP contribution in [0.4, 0.5) is 0 Å². The van der Waals surface area contributed by atoms with Gasteiger partial charge < -0.3 is 15.1 Å². The van der Waals surface area contributed by atoms with Crippen molar-refractivity contribution in [3.05, 3.63) is 33.4 Å². The fourth-order valence-corrected chi connectivity index (χ4v) is 1.78. The van der Waals surface area contributed by atoms with Crippen LogP contribution in [0.15, 0.2) is 24.3 Å². The van der Waals surface area contributed by atoms with Gasteiger partial charge in [-0.1, -0.05) is 12.1 Å². The zero-order valence-electron chi connectivity index (χ0n) is 8.26. The molecule has 0 aliphatic rings. The van der Waals surface area contributed by atoms with Gasteiger partial charge in [-0.25, -0.2) is 0 Å². The summed E-state index contributed by atoms with van der Waals surface area (Å²) in [6.07, 6.45) is -0.493. The molecule has 3 N–H and O–H groups in total. The van der Waals surface area contributed by atoms with Crippen LogP contribution in [0, 0.1) is 3.57 Å². The van der Waals surface area contributed by atoms with Gasteiger partial charge in [-0.3, -0.25) is 9.36 Å². The second-order valence-electron chi connectivity index (χ2n) is 3.23. The molecule has 1 aromatic carbocycles. The van der Waals surface area contributed by atoms with E-state index in [1.807, 2.05) is 12.1 Å². The molecule has 0 saturated heterocycles. The van der Waals surface area contributed by atoms with Crippen LogP contribution in [-0.4, -0.2) is 22.0 Å². The maximum atomic E-state index is 11.3. The third-order valence-electron chi connectivity index (χ3n) is 1.76. The molecule has 0 heterocycles. The Labute approximate surface area is 107 Å². The zero-order chi connectivity index (χ0) is 12.2. The number of rotatable bonds is 4. The molecule has 0 fully saturated rings. The smallest absolute Gasteiger partial charge is 0.344 e. The van der Waals surface area contributed by atoms with Gasteiger partial charge >= 0.3 is 7.60 Å². The first kappa shape index (κ1) is 13.6. The summed E-state index contributed by atoms with van der Waals surface area (Å²) < 4.78 is 11.6. The van der Waals surface area contributed by atoms with Crippen molar-refractivity contribution in [3.63, 3.8) is 0 Å². The Balaban J connectivity index is 2.46. The molecule has 0 saturated carbocycles. The fraction of sp³-hybridized carbons (Fsp3) is 0.222. The number of carbonyl (C=O) groups excluding carboxylic acids is 1. The molecule has 5 nitrogen and oxygen atoms in total. The molecule has 1 aromatic rings. The van der Waals surface area contributed by atoms with E-state index in [-0.39, 0.29) is 6.42 Å². The molecule has 0 bridgehead atoms. The van der Waals surface area contributed by atoms with Crippen LogP contribution >= 0.6 is 30.2 Å². The second kappa shape index (κ2) is 5.77. The van der Waals surface area contributed by atoms with E-state index < -0.39 is 19.8 Å². The first-order chi connectivity index (χ1) is 7.37. The minimum absolute atomic E-state index is 0.122. The Bertz CT molecular complexity index is 414. The van der Waals surface area contributed by atoms with Crippen LogP contribution in [-0.2, 0) is 15.8 Å². The summed E-state index contributed by atoms with van der Waals surface area (Å²) in [5.41, 5.74) is 0.809. The molecule has 1 amide bonds. The Morgan fingerprint density at radius 1 is 1.31 bits per heavy atom. The predicted molar refractivity (Wildman–Crippen MR) is 67.9 cm³/mol. The van der Waals surface area contributed by atoms with E-state index in [4.69, 9.17) is 9.79 Å². The Morgan fingerprint density at radius 2 is 1.88 bits per heavy atom. The summed E-state index contributed by atoms with van der Waals surface area (Å²) in [5.74, 6) is -0.399. The topological polar surface area (TPSA) is 86.6 Å². The number of benzene rings is 1. The van der Waals surface area contributed by atoms with Crippen LogP contribution in [0.25, 0.3) is 0 Å². The van der Waals surface area contributed by atoms with Gasteiger partial charge in [-0.2, -0.15) is 0 Å². The van der Waals surface area contributed by atoms with Crippen LogP contribution in [0.3, 0.4) is 0 Å². The summed E-state index contributed by atoms with van der Waals surface area (Å²) in [7, 11) is -4.17. The Hall–Kier alpha value is -0.430. The molecule has 0 spiro atoms. The summed E-state index contributed by atoms with van der Waals surface area (Å²) in [6.45, 7) is 0. The normalized spacial score (nSPS) is 11.2. The van der Waals surface area contributed by atoms with Gasteiger partial charge in [-0.15, -0.1) is 0 Å². The van der Waals surface area contributed by atoms with Crippen molar-refractivity contribution in [1.29, 1.82) is 0 Å². The molecule has 0 atom stereocenters. The van der Waals surface area contributed by atoms with E-state index in [2.05, 4.69) is 27.9 Å². The highest BCUT2D eigenvalue weighted by Crippen LogP contribution is 2.31. The van der Waals surface area contributed by atoms with Gasteiger partial charge in [0.1, 0.15) is 6.29 Å². The molecular formula is C9H11INO4P. The van der Waals surface area contributed by atoms with Crippen molar-refractivity contribution in [3.8, 4) is 0 Å². The van der Waals surface area contributed by atoms with E-state index in [0.29, 0.717) is 0 Å². The highest BCUT2D eigenvalue weighted by atomic mass is 127. The molecular weight excluding hydrogens is 344 g/mol. The van der Waals surface area contributed by atoms with E-state index >= 15 is 0 Å². The highest BCUT2D eigenvalue weighted by molar-refractivity contribution is 14.1. The van der Waals surface area contributed by atoms with Crippen LogP contribution in [0.5, 0.6) is 0 Å². The minimum atomic E-state index is -4.17. The van der Waals surface area contributed by atoms with Crippen molar-refractivity contribution >= 4 is 36.1 Å². The standard InChI is InChI=1S/C9H11INO4P/c10-8-3-1-7(2-4-8)5-9(12)11-6-16(13,14)15/h1-4H,5-6H2,(H,11,12)(H2,13,14,15). The SMILES string of the molecule is O=C(Cc1ccc(I)cc1)NCP(=O)(O)O. The molecule has 0 aromatic heterocycles. The maximum Gasteiger partial charge on any atom is 0.344 e.